The highest BCUT2D eigenvalue weighted by atomic mass is 32.2. The van der Waals surface area contributed by atoms with Crippen molar-refractivity contribution in [2.24, 2.45) is 23.7 Å². The van der Waals surface area contributed by atoms with E-state index in [1.807, 2.05) is 0 Å². The third kappa shape index (κ3) is 4.78. The molecule has 0 aromatic heterocycles. The normalized spacial score (nSPS) is 29.2. The van der Waals surface area contributed by atoms with Crippen LogP contribution in [0.2, 0.25) is 0 Å². The van der Waals surface area contributed by atoms with E-state index in [1.54, 1.807) is 0 Å². The summed E-state index contributed by atoms with van der Waals surface area (Å²) in [7, 11) is 0. The molecule has 0 saturated heterocycles. The van der Waals surface area contributed by atoms with E-state index in [2.05, 4.69) is 6.58 Å². The Morgan fingerprint density at radius 3 is 2.38 bits per heavy atom. The van der Waals surface area contributed by atoms with Crippen LogP contribution < -0.4 is 0 Å². The standard InChI is InChI=1S/C17H22O8S/c1-2-13(20)24-4-5-25-17(23)14-9-7-10(15(14)16(21)22)11(8-9)26-6-3-12(18)19/h2,9-11,14-15H,1,3-8H2,(H,18,19)(H,21,22). The number of carbonyl (C=O) groups is 4. The van der Waals surface area contributed by atoms with Crippen LogP contribution in [-0.2, 0) is 28.7 Å². The van der Waals surface area contributed by atoms with Gasteiger partial charge in [0.05, 0.1) is 18.3 Å². The third-order valence-electron chi connectivity index (χ3n) is 4.89. The van der Waals surface area contributed by atoms with Crippen molar-refractivity contribution in [2.75, 3.05) is 19.0 Å². The van der Waals surface area contributed by atoms with E-state index in [-0.39, 0.29) is 36.7 Å². The summed E-state index contributed by atoms with van der Waals surface area (Å²) in [4.78, 5) is 45.6. The van der Waals surface area contributed by atoms with Gasteiger partial charge >= 0.3 is 23.9 Å². The average molecular weight is 386 g/mol. The van der Waals surface area contributed by atoms with Crippen molar-refractivity contribution in [1.82, 2.24) is 0 Å². The monoisotopic (exact) mass is 386 g/mol. The van der Waals surface area contributed by atoms with Crippen molar-refractivity contribution in [3.05, 3.63) is 12.7 Å². The second-order valence-electron chi connectivity index (χ2n) is 6.38. The highest BCUT2D eigenvalue weighted by Gasteiger charge is 2.58. The molecule has 0 aliphatic heterocycles. The van der Waals surface area contributed by atoms with Gasteiger partial charge in [-0.15, -0.1) is 0 Å². The lowest BCUT2D eigenvalue weighted by Crippen LogP contribution is -2.40. The van der Waals surface area contributed by atoms with Gasteiger partial charge in [-0.1, -0.05) is 6.58 Å². The van der Waals surface area contributed by atoms with E-state index in [9.17, 15) is 24.3 Å². The highest BCUT2D eigenvalue weighted by molar-refractivity contribution is 7.99. The zero-order valence-corrected chi connectivity index (χ0v) is 15.0. The summed E-state index contributed by atoms with van der Waals surface area (Å²) in [5.41, 5.74) is 0. The van der Waals surface area contributed by atoms with Crippen LogP contribution >= 0.6 is 11.8 Å². The van der Waals surface area contributed by atoms with Crippen LogP contribution in [0.3, 0.4) is 0 Å². The number of aliphatic carboxylic acids is 2. The van der Waals surface area contributed by atoms with Gasteiger partial charge in [-0.05, 0) is 24.7 Å². The summed E-state index contributed by atoms with van der Waals surface area (Å²) < 4.78 is 9.82. The number of fused-ring (bicyclic) bond motifs is 2. The minimum absolute atomic E-state index is 0.0329. The van der Waals surface area contributed by atoms with E-state index < -0.39 is 35.7 Å². The fourth-order valence-corrected chi connectivity index (χ4v) is 5.41. The molecule has 26 heavy (non-hydrogen) atoms. The minimum atomic E-state index is -1.03. The van der Waals surface area contributed by atoms with Gasteiger partial charge in [0, 0.05) is 17.1 Å². The predicted molar refractivity (Wildman–Crippen MR) is 91.4 cm³/mol. The van der Waals surface area contributed by atoms with Crippen molar-refractivity contribution >= 4 is 35.6 Å². The molecule has 2 fully saturated rings. The number of ether oxygens (including phenoxy) is 2. The third-order valence-corrected chi connectivity index (χ3v) is 6.30. The molecule has 0 radical (unpaired) electrons. The molecule has 0 heterocycles. The number of carboxylic acid groups (broad SMARTS) is 2. The number of carboxylic acids is 2. The number of esters is 2. The maximum atomic E-state index is 12.3. The molecule has 0 aromatic carbocycles. The van der Waals surface area contributed by atoms with E-state index in [1.165, 1.54) is 11.8 Å². The molecule has 144 valence electrons. The summed E-state index contributed by atoms with van der Waals surface area (Å²) in [5, 5.41) is 18.3. The van der Waals surface area contributed by atoms with Crippen LogP contribution in [0.1, 0.15) is 19.3 Å². The van der Waals surface area contributed by atoms with Crippen LogP contribution in [0.4, 0.5) is 0 Å². The second kappa shape index (κ2) is 9.07. The molecule has 2 aliphatic rings. The minimum Gasteiger partial charge on any atom is -0.481 e. The van der Waals surface area contributed by atoms with E-state index in [0.717, 1.165) is 6.08 Å². The predicted octanol–water partition coefficient (Wildman–Crippen LogP) is 1.19. The lowest BCUT2D eigenvalue weighted by molar-refractivity contribution is -0.162. The fraction of sp³-hybridized carbons (Fsp3) is 0.647. The van der Waals surface area contributed by atoms with Gasteiger partial charge in [-0.25, -0.2) is 4.79 Å². The molecule has 2 aliphatic carbocycles. The van der Waals surface area contributed by atoms with Crippen LogP contribution in [0.25, 0.3) is 0 Å². The van der Waals surface area contributed by atoms with Crippen molar-refractivity contribution in [1.29, 1.82) is 0 Å². The Balaban J connectivity index is 1.89. The molecule has 5 atom stereocenters. The van der Waals surface area contributed by atoms with Gasteiger partial charge in [0.2, 0.25) is 0 Å². The smallest absolute Gasteiger partial charge is 0.330 e. The molecule has 2 bridgehead atoms. The Kier molecular flexibility index (Phi) is 7.07. The second-order valence-corrected chi connectivity index (χ2v) is 7.72. The molecule has 8 nitrogen and oxygen atoms in total. The summed E-state index contributed by atoms with van der Waals surface area (Å²) in [6.07, 6.45) is 2.35. The molecule has 2 saturated carbocycles. The van der Waals surface area contributed by atoms with Gasteiger partial charge in [0.15, 0.2) is 0 Å². The Labute approximate surface area is 154 Å². The molecule has 2 rings (SSSR count). The summed E-state index contributed by atoms with van der Waals surface area (Å²) in [5.74, 6) is -4.43. The number of carbonyl (C=O) groups excluding carboxylic acids is 2. The van der Waals surface area contributed by atoms with Crippen LogP contribution in [0, 0.1) is 23.7 Å². The zero-order chi connectivity index (χ0) is 19.3. The van der Waals surface area contributed by atoms with Crippen molar-refractivity contribution in [3.63, 3.8) is 0 Å². The SMILES string of the molecule is C=CC(=O)OCCOC(=O)C1C2CC(SCCC(=O)O)C(C2)C1C(=O)O. The first-order chi connectivity index (χ1) is 12.3. The average Bonchev–Trinajstić information content (AvgIpc) is 3.15. The molecule has 0 amide bonds. The largest absolute Gasteiger partial charge is 0.481 e. The number of thioether (sulfide) groups is 1. The zero-order valence-electron chi connectivity index (χ0n) is 14.2. The molecule has 0 spiro atoms. The summed E-state index contributed by atoms with van der Waals surface area (Å²) >= 11 is 1.47. The van der Waals surface area contributed by atoms with Crippen LogP contribution in [0.15, 0.2) is 12.7 Å². The molecular formula is C17H22O8S. The first-order valence-corrected chi connectivity index (χ1v) is 9.42. The lowest BCUT2D eigenvalue weighted by Gasteiger charge is -2.31. The number of hydrogen-bond acceptors (Lipinski definition) is 7. The van der Waals surface area contributed by atoms with E-state index >= 15 is 0 Å². The maximum absolute atomic E-state index is 12.3. The molecule has 2 N–H and O–H groups in total. The Morgan fingerprint density at radius 1 is 1.08 bits per heavy atom. The van der Waals surface area contributed by atoms with E-state index in [4.69, 9.17) is 14.6 Å². The van der Waals surface area contributed by atoms with E-state index in [0.29, 0.717) is 18.6 Å². The van der Waals surface area contributed by atoms with Gasteiger partial charge in [0.1, 0.15) is 13.2 Å². The Hall–Kier alpha value is -2.03. The summed E-state index contributed by atoms with van der Waals surface area (Å²) in [6, 6.07) is 0. The van der Waals surface area contributed by atoms with Crippen LogP contribution in [-0.4, -0.2) is 58.3 Å². The van der Waals surface area contributed by atoms with Gasteiger partial charge in [-0.3, -0.25) is 14.4 Å². The molecule has 9 heteroatoms. The first-order valence-electron chi connectivity index (χ1n) is 8.37. The van der Waals surface area contributed by atoms with Gasteiger partial charge in [0.25, 0.3) is 0 Å². The molecule has 0 aromatic rings. The first kappa shape index (κ1) is 20.3. The van der Waals surface area contributed by atoms with Gasteiger partial charge in [-0.2, -0.15) is 11.8 Å². The van der Waals surface area contributed by atoms with Crippen molar-refractivity contribution in [3.8, 4) is 0 Å². The topological polar surface area (TPSA) is 127 Å². The van der Waals surface area contributed by atoms with Crippen molar-refractivity contribution < 1.29 is 38.9 Å². The molecule has 5 unspecified atom stereocenters. The quantitative estimate of drug-likeness (QED) is 0.323. The Bertz CT molecular complexity index is 589. The van der Waals surface area contributed by atoms with Gasteiger partial charge < -0.3 is 19.7 Å². The number of hydrogen-bond donors (Lipinski definition) is 2. The maximum Gasteiger partial charge on any atom is 0.330 e. The van der Waals surface area contributed by atoms with Crippen molar-refractivity contribution in [2.45, 2.75) is 24.5 Å². The highest BCUT2D eigenvalue weighted by Crippen LogP contribution is 2.56. The fourth-order valence-electron chi connectivity index (χ4n) is 3.91. The number of rotatable bonds is 10. The van der Waals surface area contributed by atoms with Crippen LogP contribution in [0.5, 0.6) is 0 Å². The Morgan fingerprint density at radius 2 is 1.77 bits per heavy atom. The lowest BCUT2D eigenvalue weighted by atomic mass is 9.79. The summed E-state index contributed by atoms with van der Waals surface area (Å²) in [6.45, 7) is 3.01. The molecular weight excluding hydrogens is 364 g/mol.